The van der Waals surface area contributed by atoms with E-state index in [2.05, 4.69) is 17.6 Å². The van der Waals surface area contributed by atoms with E-state index in [1.165, 1.54) is 4.90 Å². The van der Waals surface area contributed by atoms with Crippen molar-refractivity contribution in [2.24, 2.45) is 0 Å². The highest BCUT2D eigenvalue weighted by Crippen LogP contribution is 2.31. The molecule has 7 nitrogen and oxygen atoms in total. The number of nitrogens with zero attached hydrogens (tertiary/aromatic N) is 1. The van der Waals surface area contributed by atoms with Crippen molar-refractivity contribution in [3.05, 3.63) is 41.1 Å². The average Bonchev–Trinajstić information content (AvgIpc) is 2.66. The molecule has 0 saturated carbocycles. The predicted octanol–water partition coefficient (Wildman–Crippen LogP) is 4.13. The van der Waals surface area contributed by atoms with Crippen molar-refractivity contribution in [2.45, 2.75) is 65.5 Å². The zero-order valence-electron chi connectivity index (χ0n) is 17.9. The first kappa shape index (κ1) is 22.5. The topological polar surface area (TPSA) is 87.7 Å². The Morgan fingerprint density at radius 1 is 1.21 bits per heavy atom. The molecule has 7 heteroatoms. The lowest BCUT2D eigenvalue weighted by Gasteiger charge is -2.33. The molecule has 0 fully saturated rings. The van der Waals surface area contributed by atoms with Crippen LogP contribution < -0.4 is 10.6 Å². The Balaban J connectivity index is 2.21. The first-order valence-electron chi connectivity index (χ1n) is 10.1. The Morgan fingerprint density at radius 3 is 2.45 bits per heavy atom. The quantitative estimate of drug-likeness (QED) is 0.506. The molecule has 1 atom stereocenters. The number of hydrogen-bond acceptors (Lipinski definition) is 4. The van der Waals surface area contributed by atoms with Crippen molar-refractivity contribution in [1.82, 2.24) is 10.2 Å². The molecule has 2 N–H and O–H groups in total. The summed E-state index contributed by atoms with van der Waals surface area (Å²) in [4.78, 5) is 38.4. The van der Waals surface area contributed by atoms with Gasteiger partial charge < -0.3 is 20.3 Å². The van der Waals surface area contributed by atoms with Gasteiger partial charge in [0, 0.05) is 24.9 Å². The van der Waals surface area contributed by atoms with Crippen LogP contribution in [0.4, 0.5) is 10.5 Å². The van der Waals surface area contributed by atoms with Crippen LogP contribution in [0.15, 0.2) is 35.5 Å². The van der Waals surface area contributed by atoms with Gasteiger partial charge in [0.05, 0.1) is 17.7 Å². The molecule has 1 aliphatic rings. The molecular formula is C22H31N3O4. The summed E-state index contributed by atoms with van der Waals surface area (Å²) in [6, 6.07) is 6.25. The maximum absolute atomic E-state index is 12.7. The molecule has 158 valence electrons. The minimum atomic E-state index is -0.612. The summed E-state index contributed by atoms with van der Waals surface area (Å²) in [5.74, 6) is -0.474. The number of carbonyl (C=O) groups excluding carboxylic acids is 3. The molecule has 0 spiro atoms. The monoisotopic (exact) mass is 401 g/mol. The summed E-state index contributed by atoms with van der Waals surface area (Å²) >= 11 is 0. The Morgan fingerprint density at radius 2 is 1.86 bits per heavy atom. The molecule has 0 bridgehead atoms. The smallest absolute Gasteiger partial charge is 0.338 e. The second kappa shape index (κ2) is 10.1. The highest BCUT2D eigenvalue weighted by atomic mass is 16.5. The molecule has 1 unspecified atom stereocenters. The molecule has 1 aliphatic heterocycles. The van der Waals surface area contributed by atoms with E-state index < -0.39 is 12.0 Å². The van der Waals surface area contributed by atoms with E-state index >= 15 is 0 Å². The van der Waals surface area contributed by atoms with Crippen LogP contribution in [0.1, 0.15) is 65.0 Å². The largest absolute Gasteiger partial charge is 0.459 e. The van der Waals surface area contributed by atoms with Crippen LogP contribution in [0.5, 0.6) is 0 Å². The molecule has 0 saturated heterocycles. The second-order valence-corrected chi connectivity index (χ2v) is 7.52. The zero-order valence-corrected chi connectivity index (χ0v) is 17.9. The van der Waals surface area contributed by atoms with Crippen LogP contribution in [0.2, 0.25) is 0 Å². The van der Waals surface area contributed by atoms with Gasteiger partial charge >= 0.3 is 12.0 Å². The third-order valence-electron chi connectivity index (χ3n) is 4.85. The van der Waals surface area contributed by atoms with Gasteiger partial charge in [-0.2, -0.15) is 0 Å². The molecular weight excluding hydrogens is 370 g/mol. The molecule has 2 rings (SSSR count). The minimum Gasteiger partial charge on any atom is -0.459 e. The molecule has 1 aromatic rings. The van der Waals surface area contributed by atoms with E-state index in [4.69, 9.17) is 4.74 Å². The van der Waals surface area contributed by atoms with Crippen molar-refractivity contribution < 1.29 is 19.1 Å². The van der Waals surface area contributed by atoms with E-state index in [0.29, 0.717) is 23.4 Å². The van der Waals surface area contributed by atoms with E-state index in [-0.39, 0.29) is 18.0 Å². The Bertz CT molecular complexity index is 784. The summed E-state index contributed by atoms with van der Waals surface area (Å²) in [6.45, 7) is 7.39. The van der Waals surface area contributed by atoms with Crippen LogP contribution in [0, 0.1) is 0 Å². The number of nitrogens with one attached hydrogen (secondary N) is 2. The number of benzene rings is 1. The fourth-order valence-electron chi connectivity index (χ4n) is 3.15. The van der Waals surface area contributed by atoms with Gasteiger partial charge in [0.15, 0.2) is 0 Å². The fraction of sp³-hybridized carbons (Fsp3) is 0.500. The minimum absolute atomic E-state index is 0.0178. The van der Waals surface area contributed by atoms with Crippen molar-refractivity contribution in [2.75, 3.05) is 12.4 Å². The van der Waals surface area contributed by atoms with Gasteiger partial charge in [-0.15, -0.1) is 0 Å². The number of unbranched alkanes of at least 4 members (excludes halogenated alkanes) is 2. The summed E-state index contributed by atoms with van der Waals surface area (Å²) in [5.41, 5.74) is 2.38. The van der Waals surface area contributed by atoms with Gasteiger partial charge in [0.25, 0.3) is 0 Å². The predicted molar refractivity (Wildman–Crippen MR) is 112 cm³/mol. The van der Waals surface area contributed by atoms with Crippen LogP contribution in [-0.4, -0.2) is 36.0 Å². The Kier molecular flexibility index (Phi) is 7.82. The summed E-state index contributed by atoms with van der Waals surface area (Å²) < 4.78 is 5.39. The maximum Gasteiger partial charge on any atom is 0.338 e. The van der Waals surface area contributed by atoms with E-state index in [1.54, 1.807) is 52.1 Å². The van der Waals surface area contributed by atoms with Gasteiger partial charge in [-0.3, -0.25) is 4.79 Å². The Labute approximate surface area is 172 Å². The molecule has 1 aromatic carbocycles. The number of ether oxygens (including phenoxy) is 1. The van der Waals surface area contributed by atoms with Crippen LogP contribution in [0.3, 0.4) is 0 Å². The number of urea groups is 1. The standard InChI is InChI=1S/C22H31N3O4/c1-6-7-8-9-18(26)23-17-12-10-16(11-13-17)20-19(21(27)29-14(2)3)15(4)25(5)22(28)24-20/h10-14,20H,6-9H2,1-5H3,(H,23,26)(H,24,28). The van der Waals surface area contributed by atoms with E-state index in [0.717, 1.165) is 24.8 Å². The van der Waals surface area contributed by atoms with Crippen LogP contribution in [0.25, 0.3) is 0 Å². The van der Waals surface area contributed by atoms with E-state index in [9.17, 15) is 14.4 Å². The highest BCUT2D eigenvalue weighted by Gasteiger charge is 2.35. The average molecular weight is 402 g/mol. The lowest BCUT2D eigenvalue weighted by atomic mass is 9.95. The van der Waals surface area contributed by atoms with Gasteiger partial charge in [-0.05, 0) is 44.9 Å². The van der Waals surface area contributed by atoms with Crippen LogP contribution >= 0.6 is 0 Å². The lowest BCUT2D eigenvalue weighted by molar-refractivity contribution is -0.143. The first-order chi connectivity index (χ1) is 13.7. The SMILES string of the molecule is CCCCCC(=O)Nc1ccc(C2NC(=O)N(C)C(C)=C2C(=O)OC(C)C)cc1. The number of amides is 3. The third-order valence-corrected chi connectivity index (χ3v) is 4.85. The highest BCUT2D eigenvalue weighted by molar-refractivity contribution is 5.95. The van der Waals surface area contributed by atoms with Crippen molar-refractivity contribution in [3.63, 3.8) is 0 Å². The number of esters is 1. The normalized spacial score (nSPS) is 16.7. The fourth-order valence-corrected chi connectivity index (χ4v) is 3.15. The first-order valence-corrected chi connectivity index (χ1v) is 10.1. The van der Waals surface area contributed by atoms with Gasteiger partial charge in [-0.1, -0.05) is 31.9 Å². The van der Waals surface area contributed by atoms with Crippen molar-refractivity contribution >= 4 is 23.6 Å². The molecule has 0 aromatic heterocycles. The number of allylic oxidation sites excluding steroid dienone is 1. The Hall–Kier alpha value is -2.83. The number of rotatable bonds is 8. The van der Waals surface area contributed by atoms with Gasteiger partial charge in [0.2, 0.25) is 5.91 Å². The molecule has 29 heavy (non-hydrogen) atoms. The molecule has 0 aliphatic carbocycles. The number of hydrogen-bond donors (Lipinski definition) is 2. The summed E-state index contributed by atoms with van der Waals surface area (Å²) in [7, 11) is 1.61. The number of anilines is 1. The summed E-state index contributed by atoms with van der Waals surface area (Å²) in [6.07, 6.45) is 3.19. The molecule has 1 heterocycles. The molecule has 3 amide bonds. The summed E-state index contributed by atoms with van der Waals surface area (Å²) in [5, 5.41) is 5.73. The number of carbonyl (C=O) groups is 3. The van der Waals surface area contributed by atoms with Gasteiger partial charge in [-0.25, -0.2) is 9.59 Å². The van der Waals surface area contributed by atoms with E-state index in [1.807, 2.05) is 0 Å². The second-order valence-electron chi connectivity index (χ2n) is 7.52. The van der Waals surface area contributed by atoms with Gasteiger partial charge in [0.1, 0.15) is 0 Å². The van der Waals surface area contributed by atoms with Crippen molar-refractivity contribution in [3.8, 4) is 0 Å². The van der Waals surface area contributed by atoms with Crippen molar-refractivity contribution in [1.29, 1.82) is 0 Å². The zero-order chi connectivity index (χ0) is 21.6. The maximum atomic E-state index is 12.7. The van der Waals surface area contributed by atoms with Crippen LogP contribution in [-0.2, 0) is 14.3 Å². The molecule has 0 radical (unpaired) electrons. The third kappa shape index (κ3) is 5.82. The lowest BCUT2D eigenvalue weighted by Crippen LogP contribution is -2.46.